The molecular weight excluding hydrogens is 831 g/mol. The Morgan fingerprint density at radius 3 is 1.67 bits per heavy atom. The van der Waals surface area contributed by atoms with Gasteiger partial charge in [-0.2, -0.15) is 0 Å². The van der Waals surface area contributed by atoms with E-state index < -0.39 is 0 Å². The summed E-state index contributed by atoms with van der Waals surface area (Å²) in [5.41, 5.74) is 28.3. The lowest BCUT2D eigenvalue weighted by molar-refractivity contribution is 0.626. The minimum Gasteiger partial charge on any atom is -0.310 e. The third-order valence-corrected chi connectivity index (χ3v) is 16.8. The van der Waals surface area contributed by atoms with Gasteiger partial charge in [-0.3, -0.25) is 0 Å². The van der Waals surface area contributed by atoms with Crippen LogP contribution in [-0.4, -0.2) is 0 Å². The highest BCUT2D eigenvalue weighted by Crippen LogP contribution is 2.61. The summed E-state index contributed by atoms with van der Waals surface area (Å²) >= 11 is 0. The number of fused-ring (bicyclic) bond motifs is 13. The first-order valence-electron chi connectivity index (χ1n) is 24.7. The molecule has 1 nitrogen and oxygen atoms in total. The lowest BCUT2D eigenvalue weighted by Gasteiger charge is -2.32. The van der Waals surface area contributed by atoms with Crippen LogP contribution in [0.15, 0.2) is 231 Å². The van der Waals surface area contributed by atoms with Crippen molar-refractivity contribution in [1.82, 2.24) is 0 Å². The smallest absolute Gasteiger partial charge is 0.0543 e. The van der Waals surface area contributed by atoms with Crippen LogP contribution in [0, 0.1) is 0 Å². The van der Waals surface area contributed by atoms with Crippen molar-refractivity contribution in [3.05, 3.63) is 281 Å². The van der Waals surface area contributed by atoms with Gasteiger partial charge in [-0.05, 0) is 150 Å². The molecule has 0 bridgehead atoms. The highest BCUT2D eigenvalue weighted by atomic mass is 15.1. The average Bonchev–Trinajstić information content (AvgIpc) is 4.09. The predicted octanol–water partition coefficient (Wildman–Crippen LogP) is 17.4. The van der Waals surface area contributed by atoms with E-state index in [9.17, 15) is 0 Å². The van der Waals surface area contributed by atoms with E-state index in [-0.39, 0.29) is 16.2 Å². The summed E-state index contributed by atoms with van der Waals surface area (Å²) in [6, 6.07) is 87.2. The molecule has 10 aromatic rings. The monoisotopic (exact) mass is 881 g/mol. The van der Waals surface area contributed by atoms with Crippen LogP contribution in [0.1, 0.15) is 77.3 Å². The Morgan fingerprint density at radius 2 is 0.899 bits per heavy atom. The Balaban J connectivity index is 0.968. The van der Waals surface area contributed by atoms with Crippen molar-refractivity contribution in [3.63, 3.8) is 0 Å². The molecule has 2 atom stereocenters. The second-order valence-electron chi connectivity index (χ2n) is 20.4. The van der Waals surface area contributed by atoms with E-state index >= 15 is 0 Å². The van der Waals surface area contributed by atoms with Crippen molar-refractivity contribution in [2.24, 2.45) is 0 Å². The van der Waals surface area contributed by atoms with Crippen LogP contribution >= 0.6 is 0 Å². The van der Waals surface area contributed by atoms with Crippen LogP contribution in [-0.2, 0) is 22.7 Å². The second-order valence-corrected chi connectivity index (χ2v) is 20.4. The molecule has 328 valence electrons. The van der Waals surface area contributed by atoms with E-state index in [4.69, 9.17) is 0 Å². The van der Waals surface area contributed by atoms with E-state index in [2.05, 4.69) is 256 Å². The minimum absolute atomic E-state index is 0.123. The zero-order chi connectivity index (χ0) is 46.1. The molecule has 4 aliphatic rings. The van der Waals surface area contributed by atoms with E-state index in [1.165, 1.54) is 117 Å². The van der Waals surface area contributed by atoms with Crippen LogP contribution in [0.5, 0.6) is 0 Å². The molecule has 0 heterocycles. The third-order valence-electron chi connectivity index (χ3n) is 16.8. The maximum Gasteiger partial charge on any atom is 0.0543 e. The average molecular weight is 882 g/mol. The second kappa shape index (κ2) is 14.7. The quantitative estimate of drug-likeness (QED) is 0.161. The number of nitrogens with zero attached hydrogens (tertiary/aromatic N) is 1. The Hall–Kier alpha value is -8.00. The number of benzene rings is 10. The zero-order valence-electron chi connectivity index (χ0n) is 39.3. The van der Waals surface area contributed by atoms with Gasteiger partial charge in [0.1, 0.15) is 0 Å². The van der Waals surface area contributed by atoms with Gasteiger partial charge in [-0.15, -0.1) is 0 Å². The Labute approximate surface area is 406 Å². The highest BCUT2D eigenvalue weighted by molar-refractivity contribution is 5.98. The normalized spacial score (nSPS) is 18.2. The summed E-state index contributed by atoms with van der Waals surface area (Å²) < 4.78 is 0. The maximum absolute atomic E-state index is 2.56. The van der Waals surface area contributed by atoms with Gasteiger partial charge in [-0.1, -0.05) is 214 Å². The molecule has 0 saturated carbocycles. The topological polar surface area (TPSA) is 3.24 Å². The molecular formula is C68H51N. The first-order valence-corrected chi connectivity index (χ1v) is 24.7. The number of hydrogen-bond acceptors (Lipinski definition) is 1. The van der Waals surface area contributed by atoms with Gasteiger partial charge in [0.25, 0.3) is 0 Å². The fourth-order valence-electron chi connectivity index (χ4n) is 13.7. The lowest BCUT2D eigenvalue weighted by Crippen LogP contribution is -2.24. The molecule has 14 rings (SSSR count). The lowest BCUT2D eigenvalue weighted by atomic mass is 9.73. The van der Waals surface area contributed by atoms with Gasteiger partial charge in [0.05, 0.1) is 5.69 Å². The van der Waals surface area contributed by atoms with Gasteiger partial charge in [0, 0.05) is 33.2 Å². The molecule has 0 N–H and O–H groups in total. The molecule has 0 aliphatic heterocycles. The maximum atomic E-state index is 2.56. The minimum atomic E-state index is -0.326. The Morgan fingerprint density at radius 1 is 0.362 bits per heavy atom. The van der Waals surface area contributed by atoms with Crippen molar-refractivity contribution in [2.75, 3.05) is 4.90 Å². The molecule has 2 unspecified atom stereocenters. The summed E-state index contributed by atoms with van der Waals surface area (Å²) in [5, 5.41) is 0. The summed E-state index contributed by atoms with van der Waals surface area (Å²) in [4.78, 5) is 2.56. The molecule has 0 amide bonds. The molecule has 1 heteroatoms. The Bertz CT molecular complexity index is 3720. The first kappa shape index (κ1) is 40.1. The van der Waals surface area contributed by atoms with Crippen LogP contribution in [0.2, 0.25) is 0 Å². The predicted molar refractivity (Wildman–Crippen MR) is 287 cm³/mol. The largest absolute Gasteiger partial charge is 0.310 e. The van der Waals surface area contributed by atoms with Crippen LogP contribution in [0.3, 0.4) is 0 Å². The molecule has 0 saturated heterocycles. The van der Waals surface area contributed by atoms with E-state index in [1.54, 1.807) is 0 Å². The number of hydrogen-bond donors (Lipinski definition) is 0. The standard InChI is InChI=1S/C68H51N/c1-66(2)58-30-14-10-25-52(58)55-28-17-27-54(65(55)66)50-23-9-8-22-49(50)44-35-37-47(38-36-44)69(63-34-18-33-61-64(63)56-26-12-15-31-59(56)67(61,3)46-20-5-4-6-21-46)48-39-40-53-51-24-11-16-32-60(51)68(62(53)43-48)42-41-45-19-7-13-29-57(45)68/h4-40,43H,41-42H2,1-3H3. The molecule has 10 aromatic carbocycles. The van der Waals surface area contributed by atoms with Crippen molar-refractivity contribution >= 4 is 17.1 Å². The first-order chi connectivity index (χ1) is 33.9. The number of anilines is 3. The molecule has 0 fully saturated rings. The molecule has 69 heavy (non-hydrogen) atoms. The van der Waals surface area contributed by atoms with Gasteiger partial charge in [-0.25, -0.2) is 0 Å². The molecule has 4 aliphatic carbocycles. The van der Waals surface area contributed by atoms with Crippen LogP contribution in [0.4, 0.5) is 17.1 Å². The van der Waals surface area contributed by atoms with E-state index in [0.717, 1.165) is 18.5 Å². The van der Waals surface area contributed by atoms with Gasteiger partial charge >= 0.3 is 0 Å². The van der Waals surface area contributed by atoms with E-state index in [1.807, 2.05) is 0 Å². The summed E-state index contributed by atoms with van der Waals surface area (Å²) in [7, 11) is 0. The number of aryl methyl sites for hydroxylation is 1. The summed E-state index contributed by atoms with van der Waals surface area (Å²) in [6.07, 6.45) is 2.13. The molecule has 1 spiro atoms. The van der Waals surface area contributed by atoms with Gasteiger partial charge in [0.2, 0.25) is 0 Å². The SMILES string of the molecule is CC1(C)c2ccccc2-c2cccc(-c3ccccc3-c3ccc(N(c4ccc5c(c4)C4(CCc6ccccc64)c4ccccc4-5)c4cccc5c4-c4ccccc4C5(C)c4ccccc4)cc3)c21. The van der Waals surface area contributed by atoms with Gasteiger partial charge in [0.15, 0.2) is 0 Å². The third kappa shape index (κ3) is 5.48. The van der Waals surface area contributed by atoms with Crippen molar-refractivity contribution in [3.8, 4) is 55.6 Å². The van der Waals surface area contributed by atoms with E-state index in [0.29, 0.717) is 0 Å². The van der Waals surface area contributed by atoms with Crippen molar-refractivity contribution in [1.29, 1.82) is 0 Å². The summed E-state index contributed by atoms with van der Waals surface area (Å²) in [6.45, 7) is 7.20. The van der Waals surface area contributed by atoms with Crippen molar-refractivity contribution < 1.29 is 0 Å². The number of rotatable bonds is 6. The fraction of sp³-hybridized carbons (Fsp3) is 0.118. The molecule has 0 aromatic heterocycles. The zero-order valence-corrected chi connectivity index (χ0v) is 39.3. The fourth-order valence-corrected chi connectivity index (χ4v) is 13.7. The molecule has 0 radical (unpaired) electrons. The summed E-state index contributed by atoms with van der Waals surface area (Å²) in [5.74, 6) is 0. The van der Waals surface area contributed by atoms with Crippen molar-refractivity contribution in [2.45, 2.75) is 49.9 Å². The van der Waals surface area contributed by atoms with Crippen LogP contribution in [0.25, 0.3) is 55.6 Å². The highest BCUT2D eigenvalue weighted by Gasteiger charge is 2.49. The van der Waals surface area contributed by atoms with Crippen LogP contribution < -0.4 is 4.90 Å². The van der Waals surface area contributed by atoms with Gasteiger partial charge < -0.3 is 4.90 Å². The Kier molecular flexibility index (Phi) is 8.57.